The summed E-state index contributed by atoms with van der Waals surface area (Å²) < 4.78 is 0. The van der Waals surface area contributed by atoms with Crippen LogP contribution in [0.4, 0.5) is 5.69 Å². The van der Waals surface area contributed by atoms with E-state index in [2.05, 4.69) is 29.2 Å². The second-order valence-electron chi connectivity index (χ2n) is 5.30. The van der Waals surface area contributed by atoms with Crippen LogP contribution < -0.4 is 0 Å². The highest BCUT2D eigenvalue weighted by molar-refractivity contribution is 6.33. The highest BCUT2D eigenvalue weighted by Crippen LogP contribution is 2.26. The fraction of sp³-hybridized carbons (Fsp3) is 0.278. The monoisotopic (exact) mass is 298 g/mol. The molecule has 21 heavy (non-hydrogen) atoms. The molecule has 1 aliphatic rings. The van der Waals surface area contributed by atoms with E-state index in [0.717, 1.165) is 30.2 Å². The number of rotatable bonds is 2. The second-order valence-corrected chi connectivity index (χ2v) is 5.71. The average molecular weight is 299 g/mol. The van der Waals surface area contributed by atoms with Crippen molar-refractivity contribution >= 4 is 23.1 Å². The van der Waals surface area contributed by atoms with Crippen molar-refractivity contribution in [1.29, 1.82) is 0 Å². The van der Waals surface area contributed by atoms with Crippen LogP contribution in [0.1, 0.15) is 24.8 Å². The first-order chi connectivity index (χ1) is 10.3. The molecule has 1 fully saturated rings. The Labute approximate surface area is 131 Å². The van der Waals surface area contributed by atoms with Crippen molar-refractivity contribution in [2.24, 2.45) is 4.99 Å². The minimum absolute atomic E-state index is 0.697. The summed E-state index contributed by atoms with van der Waals surface area (Å²) in [5.41, 5.74) is 1.99. The van der Waals surface area contributed by atoms with Crippen molar-refractivity contribution in [2.45, 2.75) is 19.3 Å². The van der Waals surface area contributed by atoms with E-state index in [4.69, 9.17) is 16.6 Å². The van der Waals surface area contributed by atoms with Gasteiger partial charge in [0, 0.05) is 18.7 Å². The highest BCUT2D eigenvalue weighted by Gasteiger charge is 2.16. The van der Waals surface area contributed by atoms with Crippen LogP contribution in [0.2, 0.25) is 5.02 Å². The van der Waals surface area contributed by atoms with Gasteiger partial charge >= 0.3 is 0 Å². The van der Waals surface area contributed by atoms with Crippen molar-refractivity contribution < 1.29 is 0 Å². The zero-order valence-electron chi connectivity index (χ0n) is 12.0. The first kappa shape index (κ1) is 14.2. The minimum atomic E-state index is 0.697. The standard InChI is InChI=1S/C18H19ClN2/c19-16-11-5-6-12-17(16)20-18(15-9-3-1-4-10-15)21-13-7-2-8-14-21/h1,3-6,9-12H,2,7-8,13-14H2. The Bertz CT molecular complexity index is 616. The van der Waals surface area contributed by atoms with Gasteiger partial charge in [-0.05, 0) is 31.4 Å². The number of likely N-dealkylation sites (tertiary alicyclic amines) is 1. The Balaban J connectivity index is 2.01. The van der Waals surface area contributed by atoms with Crippen molar-refractivity contribution in [3.8, 4) is 0 Å². The van der Waals surface area contributed by atoms with E-state index in [1.54, 1.807) is 0 Å². The molecule has 0 amide bonds. The van der Waals surface area contributed by atoms with Crippen LogP contribution in [-0.2, 0) is 0 Å². The Morgan fingerprint density at radius 1 is 0.857 bits per heavy atom. The van der Waals surface area contributed by atoms with Gasteiger partial charge in [-0.1, -0.05) is 54.1 Å². The first-order valence-corrected chi connectivity index (χ1v) is 7.86. The maximum Gasteiger partial charge on any atom is 0.136 e. The van der Waals surface area contributed by atoms with Crippen LogP contribution >= 0.6 is 11.6 Å². The molecular weight excluding hydrogens is 280 g/mol. The summed E-state index contributed by atoms with van der Waals surface area (Å²) >= 11 is 6.27. The van der Waals surface area contributed by atoms with Crippen molar-refractivity contribution in [1.82, 2.24) is 4.90 Å². The normalized spacial score (nSPS) is 16.0. The molecule has 0 saturated carbocycles. The van der Waals surface area contributed by atoms with E-state index in [-0.39, 0.29) is 0 Å². The molecule has 1 saturated heterocycles. The number of halogens is 1. The molecule has 0 unspecified atom stereocenters. The number of nitrogens with zero attached hydrogens (tertiary/aromatic N) is 2. The van der Waals surface area contributed by atoms with Crippen LogP contribution in [0.15, 0.2) is 59.6 Å². The van der Waals surface area contributed by atoms with E-state index in [1.165, 1.54) is 19.3 Å². The van der Waals surface area contributed by atoms with Gasteiger partial charge in [0.1, 0.15) is 5.84 Å². The van der Waals surface area contributed by atoms with Crippen LogP contribution in [0, 0.1) is 0 Å². The summed E-state index contributed by atoms with van der Waals surface area (Å²) in [5.74, 6) is 1.03. The maximum absolute atomic E-state index is 6.27. The minimum Gasteiger partial charge on any atom is -0.356 e. The maximum atomic E-state index is 6.27. The van der Waals surface area contributed by atoms with Gasteiger partial charge in [0.15, 0.2) is 0 Å². The molecule has 0 aromatic heterocycles. The largest absolute Gasteiger partial charge is 0.356 e. The first-order valence-electron chi connectivity index (χ1n) is 7.48. The second kappa shape index (κ2) is 6.77. The topological polar surface area (TPSA) is 15.6 Å². The van der Waals surface area contributed by atoms with E-state index in [1.807, 2.05) is 30.3 Å². The van der Waals surface area contributed by atoms with E-state index in [9.17, 15) is 0 Å². The molecule has 2 aromatic carbocycles. The Morgan fingerprint density at radius 2 is 1.52 bits per heavy atom. The molecule has 3 heteroatoms. The van der Waals surface area contributed by atoms with Crippen LogP contribution in [0.5, 0.6) is 0 Å². The average Bonchev–Trinajstić information content (AvgIpc) is 2.56. The molecule has 0 aliphatic carbocycles. The number of piperidine rings is 1. The summed E-state index contributed by atoms with van der Waals surface area (Å²) in [7, 11) is 0. The van der Waals surface area contributed by atoms with Gasteiger partial charge in [-0.25, -0.2) is 4.99 Å². The zero-order chi connectivity index (χ0) is 14.5. The van der Waals surface area contributed by atoms with Gasteiger partial charge in [0.05, 0.1) is 10.7 Å². The van der Waals surface area contributed by atoms with Gasteiger partial charge in [0.2, 0.25) is 0 Å². The summed E-state index contributed by atoms with van der Waals surface area (Å²) in [6.45, 7) is 2.14. The van der Waals surface area contributed by atoms with Gasteiger partial charge < -0.3 is 4.90 Å². The van der Waals surface area contributed by atoms with Crippen LogP contribution in [-0.4, -0.2) is 23.8 Å². The highest BCUT2D eigenvalue weighted by atomic mass is 35.5. The molecule has 2 nitrogen and oxygen atoms in total. The summed E-state index contributed by atoms with van der Waals surface area (Å²) in [5, 5.41) is 0.697. The smallest absolute Gasteiger partial charge is 0.136 e. The number of hydrogen-bond acceptors (Lipinski definition) is 1. The zero-order valence-corrected chi connectivity index (χ0v) is 12.8. The van der Waals surface area contributed by atoms with E-state index < -0.39 is 0 Å². The number of hydrogen-bond donors (Lipinski definition) is 0. The lowest BCUT2D eigenvalue weighted by molar-refractivity contribution is 0.343. The third kappa shape index (κ3) is 3.45. The van der Waals surface area contributed by atoms with E-state index in [0.29, 0.717) is 5.02 Å². The lowest BCUT2D eigenvalue weighted by Gasteiger charge is -2.30. The van der Waals surface area contributed by atoms with Crippen LogP contribution in [0.3, 0.4) is 0 Å². The third-order valence-corrected chi connectivity index (χ3v) is 4.09. The molecule has 1 heterocycles. The number of aliphatic imine (C=N–C) groups is 1. The molecular formula is C18H19ClN2. The van der Waals surface area contributed by atoms with Crippen molar-refractivity contribution in [2.75, 3.05) is 13.1 Å². The lowest BCUT2D eigenvalue weighted by atomic mass is 10.1. The van der Waals surface area contributed by atoms with Crippen LogP contribution in [0.25, 0.3) is 0 Å². The van der Waals surface area contributed by atoms with Crippen molar-refractivity contribution in [3.05, 3.63) is 65.2 Å². The Hall–Kier alpha value is -1.80. The molecule has 3 rings (SSSR count). The molecule has 0 N–H and O–H groups in total. The van der Waals surface area contributed by atoms with E-state index >= 15 is 0 Å². The van der Waals surface area contributed by atoms with Gasteiger partial charge in [-0.3, -0.25) is 0 Å². The summed E-state index contributed by atoms with van der Waals surface area (Å²) in [6, 6.07) is 18.1. The predicted molar refractivity (Wildman–Crippen MR) is 89.5 cm³/mol. The molecule has 0 bridgehead atoms. The third-order valence-electron chi connectivity index (χ3n) is 3.77. The van der Waals surface area contributed by atoms with Crippen molar-refractivity contribution in [3.63, 3.8) is 0 Å². The van der Waals surface area contributed by atoms with Gasteiger partial charge in [0.25, 0.3) is 0 Å². The number of amidine groups is 1. The SMILES string of the molecule is Clc1ccccc1N=C(c1ccccc1)N1CCCCC1. The predicted octanol–water partition coefficient (Wildman–Crippen LogP) is 4.90. The quantitative estimate of drug-likeness (QED) is 0.568. The summed E-state index contributed by atoms with van der Waals surface area (Å²) in [4.78, 5) is 7.24. The number of benzene rings is 2. The molecule has 0 radical (unpaired) electrons. The van der Waals surface area contributed by atoms with Gasteiger partial charge in [-0.2, -0.15) is 0 Å². The fourth-order valence-corrected chi connectivity index (χ4v) is 2.85. The Kier molecular flexibility index (Phi) is 4.56. The lowest BCUT2D eigenvalue weighted by Crippen LogP contribution is -2.36. The molecule has 0 spiro atoms. The van der Waals surface area contributed by atoms with Gasteiger partial charge in [-0.15, -0.1) is 0 Å². The summed E-state index contributed by atoms with van der Waals surface area (Å²) in [6.07, 6.45) is 3.77. The molecule has 2 aromatic rings. The number of para-hydroxylation sites is 1. The molecule has 0 atom stereocenters. The Morgan fingerprint density at radius 3 is 2.24 bits per heavy atom. The molecule has 1 aliphatic heterocycles. The molecule has 108 valence electrons. The fourth-order valence-electron chi connectivity index (χ4n) is 2.67.